The first-order valence-corrected chi connectivity index (χ1v) is 8.09. The lowest BCUT2D eigenvalue weighted by Gasteiger charge is -2.37. The molecular weight excluding hydrogens is 322 g/mol. The minimum absolute atomic E-state index is 0.0378. The van der Waals surface area contributed by atoms with Crippen LogP contribution in [0.3, 0.4) is 0 Å². The molecule has 1 aromatic carbocycles. The lowest BCUT2D eigenvalue weighted by Crippen LogP contribution is -2.51. The van der Waals surface area contributed by atoms with Crippen molar-refractivity contribution >= 4 is 16.9 Å². The van der Waals surface area contributed by atoms with Gasteiger partial charge in [0, 0.05) is 18.7 Å². The molecule has 0 aliphatic carbocycles. The van der Waals surface area contributed by atoms with Gasteiger partial charge < -0.3 is 14.4 Å². The molecule has 1 aliphatic heterocycles. The normalized spacial score (nSPS) is 17.3. The standard InChI is InChI=1S/C16H19N7O2/c1-10-17-18-15-9-23(12(7-21(2)3)8-22(10)15)16(24)11-4-5-13-14(6-11)20-25-19-13/h4-6,12H,7-9H2,1-3H3. The summed E-state index contributed by atoms with van der Waals surface area (Å²) in [5, 5.41) is 16.0. The lowest BCUT2D eigenvalue weighted by molar-refractivity contribution is 0.0543. The Kier molecular flexibility index (Phi) is 3.72. The van der Waals surface area contributed by atoms with Gasteiger partial charge in [-0.05, 0) is 49.5 Å². The summed E-state index contributed by atoms with van der Waals surface area (Å²) in [6.07, 6.45) is 0. The summed E-state index contributed by atoms with van der Waals surface area (Å²) in [5.41, 5.74) is 1.78. The molecule has 0 saturated heterocycles. The molecule has 0 bridgehead atoms. The highest BCUT2D eigenvalue weighted by Crippen LogP contribution is 2.22. The summed E-state index contributed by atoms with van der Waals surface area (Å²) in [6, 6.07) is 5.25. The van der Waals surface area contributed by atoms with Crippen molar-refractivity contribution in [1.82, 2.24) is 34.9 Å². The summed E-state index contributed by atoms with van der Waals surface area (Å²) in [5.74, 6) is 1.63. The zero-order valence-electron chi connectivity index (χ0n) is 14.4. The van der Waals surface area contributed by atoms with Crippen molar-refractivity contribution in [2.24, 2.45) is 0 Å². The van der Waals surface area contributed by atoms with Gasteiger partial charge in [-0.15, -0.1) is 10.2 Å². The number of amides is 1. The number of carbonyl (C=O) groups is 1. The van der Waals surface area contributed by atoms with Crippen LogP contribution >= 0.6 is 0 Å². The van der Waals surface area contributed by atoms with Crippen molar-refractivity contribution in [2.75, 3.05) is 20.6 Å². The smallest absolute Gasteiger partial charge is 0.254 e. The number of likely N-dealkylation sites (N-methyl/N-ethyl adjacent to an activating group) is 1. The largest absolute Gasteiger partial charge is 0.325 e. The molecule has 2 aromatic heterocycles. The number of nitrogens with zero attached hydrogens (tertiary/aromatic N) is 7. The maximum absolute atomic E-state index is 13.1. The topological polar surface area (TPSA) is 93.2 Å². The molecule has 3 heterocycles. The Morgan fingerprint density at radius 2 is 2.08 bits per heavy atom. The molecule has 0 radical (unpaired) electrons. The van der Waals surface area contributed by atoms with Gasteiger partial charge in [0.15, 0.2) is 5.82 Å². The van der Waals surface area contributed by atoms with Crippen molar-refractivity contribution in [2.45, 2.75) is 26.1 Å². The van der Waals surface area contributed by atoms with Crippen LogP contribution in [0, 0.1) is 6.92 Å². The van der Waals surface area contributed by atoms with Crippen molar-refractivity contribution in [3.63, 3.8) is 0 Å². The fourth-order valence-electron chi connectivity index (χ4n) is 3.27. The molecule has 1 unspecified atom stereocenters. The quantitative estimate of drug-likeness (QED) is 0.692. The monoisotopic (exact) mass is 341 g/mol. The second-order valence-corrected chi connectivity index (χ2v) is 6.59. The number of benzene rings is 1. The number of rotatable bonds is 3. The zero-order valence-corrected chi connectivity index (χ0v) is 14.4. The van der Waals surface area contributed by atoms with E-state index in [0.717, 1.165) is 18.2 Å². The Morgan fingerprint density at radius 3 is 2.88 bits per heavy atom. The minimum atomic E-state index is -0.0522. The lowest BCUT2D eigenvalue weighted by atomic mass is 10.1. The molecule has 9 nitrogen and oxygen atoms in total. The fourth-order valence-corrected chi connectivity index (χ4v) is 3.27. The molecule has 0 fully saturated rings. The molecule has 1 amide bonds. The number of fused-ring (bicyclic) bond motifs is 2. The van der Waals surface area contributed by atoms with Gasteiger partial charge in [-0.3, -0.25) is 4.79 Å². The first-order valence-electron chi connectivity index (χ1n) is 8.09. The van der Waals surface area contributed by atoms with Crippen LogP contribution in [0.1, 0.15) is 22.0 Å². The Morgan fingerprint density at radius 1 is 1.28 bits per heavy atom. The van der Waals surface area contributed by atoms with Gasteiger partial charge in [-0.25, -0.2) is 4.63 Å². The number of carbonyl (C=O) groups excluding carboxylic acids is 1. The Bertz CT molecular complexity index is 930. The van der Waals surface area contributed by atoms with Crippen molar-refractivity contribution < 1.29 is 9.42 Å². The Labute approximate surface area is 144 Å². The van der Waals surface area contributed by atoms with E-state index in [1.165, 1.54) is 0 Å². The van der Waals surface area contributed by atoms with Crippen LogP contribution in [0.25, 0.3) is 11.0 Å². The van der Waals surface area contributed by atoms with E-state index in [-0.39, 0.29) is 11.9 Å². The van der Waals surface area contributed by atoms with E-state index in [9.17, 15) is 4.79 Å². The van der Waals surface area contributed by atoms with Crippen LogP contribution in [0.15, 0.2) is 22.8 Å². The molecule has 0 N–H and O–H groups in total. The molecule has 130 valence electrons. The summed E-state index contributed by atoms with van der Waals surface area (Å²) in [4.78, 5) is 17.1. The average Bonchev–Trinajstić information content (AvgIpc) is 3.19. The van der Waals surface area contributed by atoms with E-state index in [0.29, 0.717) is 29.7 Å². The van der Waals surface area contributed by atoms with Crippen molar-refractivity contribution in [3.05, 3.63) is 35.4 Å². The third kappa shape index (κ3) is 2.76. The molecule has 25 heavy (non-hydrogen) atoms. The molecule has 0 saturated carbocycles. The van der Waals surface area contributed by atoms with Gasteiger partial charge in [0.2, 0.25) is 0 Å². The summed E-state index contributed by atoms with van der Waals surface area (Å²) in [7, 11) is 4.01. The second-order valence-electron chi connectivity index (χ2n) is 6.59. The number of aryl methyl sites for hydroxylation is 1. The molecule has 1 aliphatic rings. The van der Waals surface area contributed by atoms with E-state index >= 15 is 0 Å². The van der Waals surface area contributed by atoms with Gasteiger partial charge in [-0.2, -0.15) is 0 Å². The minimum Gasteiger partial charge on any atom is -0.325 e. The van der Waals surface area contributed by atoms with E-state index in [1.54, 1.807) is 18.2 Å². The van der Waals surface area contributed by atoms with E-state index < -0.39 is 0 Å². The van der Waals surface area contributed by atoms with Crippen LogP contribution in [0.5, 0.6) is 0 Å². The summed E-state index contributed by atoms with van der Waals surface area (Å²) in [6.45, 7) is 3.82. The van der Waals surface area contributed by atoms with Gasteiger partial charge in [0.05, 0.1) is 12.6 Å². The summed E-state index contributed by atoms with van der Waals surface area (Å²) >= 11 is 0. The molecule has 3 aromatic rings. The fraction of sp³-hybridized carbons (Fsp3) is 0.438. The molecule has 0 spiro atoms. The maximum Gasteiger partial charge on any atom is 0.254 e. The van der Waals surface area contributed by atoms with Crippen LogP contribution in [0.2, 0.25) is 0 Å². The third-order valence-electron chi connectivity index (χ3n) is 4.50. The third-order valence-corrected chi connectivity index (χ3v) is 4.50. The van der Waals surface area contributed by atoms with Crippen LogP contribution in [-0.2, 0) is 13.1 Å². The second kappa shape index (κ2) is 5.92. The molecule has 4 rings (SSSR count). The van der Waals surface area contributed by atoms with Crippen molar-refractivity contribution in [1.29, 1.82) is 0 Å². The zero-order chi connectivity index (χ0) is 17.6. The molecular formula is C16H19N7O2. The van der Waals surface area contributed by atoms with Crippen LogP contribution < -0.4 is 0 Å². The summed E-state index contributed by atoms with van der Waals surface area (Å²) < 4.78 is 6.80. The van der Waals surface area contributed by atoms with Gasteiger partial charge in [-0.1, -0.05) is 0 Å². The van der Waals surface area contributed by atoms with Gasteiger partial charge in [0.1, 0.15) is 16.9 Å². The van der Waals surface area contributed by atoms with E-state index in [4.69, 9.17) is 4.63 Å². The predicted molar refractivity (Wildman–Crippen MR) is 88.8 cm³/mol. The molecule has 1 atom stereocenters. The van der Waals surface area contributed by atoms with Crippen molar-refractivity contribution in [3.8, 4) is 0 Å². The highest BCUT2D eigenvalue weighted by atomic mass is 16.6. The van der Waals surface area contributed by atoms with Crippen LogP contribution in [0.4, 0.5) is 0 Å². The number of hydrogen-bond acceptors (Lipinski definition) is 7. The number of hydrogen-bond donors (Lipinski definition) is 0. The number of aromatic nitrogens is 5. The maximum atomic E-state index is 13.1. The highest BCUT2D eigenvalue weighted by molar-refractivity contribution is 5.97. The average molecular weight is 341 g/mol. The predicted octanol–water partition coefficient (Wildman–Crippen LogP) is 0.709. The van der Waals surface area contributed by atoms with Crippen LogP contribution in [-0.4, -0.2) is 67.5 Å². The van der Waals surface area contributed by atoms with E-state index in [1.807, 2.05) is 25.9 Å². The van der Waals surface area contributed by atoms with Gasteiger partial charge >= 0.3 is 0 Å². The van der Waals surface area contributed by atoms with E-state index in [2.05, 4.69) is 30.0 Å². The Balaban J connectivity index is 1.68. The highest BCUT2D eigenvalue weighted by Gasteiger charge is 2.32. The first-order chi connectivity index (χ1) is 12.0. The SMILES string of the molecule is Cc1nnc2n1CC(CN(C)C)N(C(=O)c1ccc3nonc3c1)C2. The molecule has 9 heteroatoms. The first kappa shape index (κ1) is 15.7. The van der Waals surface area contributed by atoms with Gasteiger partial charge in [0.25, 0.3) is 5.91 Å². The Hall–Kier alpha value is -2.81.